The average molecular weight is 264 g/mol. The van der Waals surface area contributed by atoms with Crippen molar-refractivity contribution in [3.63, 3.8) is 0 Å². The molecule has 100 valence electrons. The summed E-state index contributed by atoms with van der Waals surface area (Å²) in [5.74, 6) is -0.0768. The molecule has 0 saturated carbocycles. The zero-order valence-electron chi connectivity index (χ0n) is 11.3. The molecule has 0 saturated heterocycles. The van der Waals surface area contributed by atoms with E-state index in [1.54, 1.807) is 6.21 Å². The van der Waals surface area contributed by atoms with Gasteiger partial charge in [0.1, 0.15) is 0 Å². The van der Waals surface area contributed by atoms with Crippen molar-refractivity contribution in [2.45, 2.75) is 6.92 Å². The second-order valence-electron chi connectivity index (χ2n) is 4.28. The van der Waals surface area contributed by atoms with Crippen LogP contribution in [0.25, 0.3) is 6.08 Å². The second kappa shape index (κ2) is 7.04. The SMILES string of the molecule is CC(=O)Nc1ccc(N=C/C=C\c2ccccc2)cc1. The van der Waals surface area contributed by atoms with Crippen molar-refractivity contribution in [3.05, 3.63) is 66.2 Å². The highest BCUT2D eigenvalue weighted by Gasteiger charge is 1.94. The first kappa shape index (κ1) is 13.7. The van der Waals surface area contributed by atoms with Crippen LogP contribution in [-0.4, -0.2) is 12.1 Å². The van der Waals surface area contributed by atoms with Gasteiger partial charge < -0.3 is 5.32 Å². The number of hydrogen-bond donors (Lipinski definition) is 1. The summed E-state index contributed by atoms with van der Waals surface area (Å²) in [7, 11) is 0. The number of allylic oxidation sites excluding steroid dienone is 1. The van der Waals surface area contributed by atoms with E-state index in [4.69, 9.17) is 0 Å². The fourth-order valence-corrected chi connectivity index (χ4v) is 1.68. The quantitative estimate of drug-likeness (QED) is 0.831. The molecule has 2 rings (SSSR count). The molecule has 20 heavy (non-hydrogen) atoms. The van der Waals surface area contributed by atoms with Gasteiger partial charge in [0.25, 0.3) is 0 Å². The van der Waals surface area contributed by atoms with Crippen LogP contribution in [0.15, 0.2) is 65.7 Å². The third-order valence-electron chi connectivity index (χ3n) is 2.59. The summed E-state index contributed by atoms with van der Waals surface area (Å²) >= 11 is 0. The van der Waals surface area contributed by atoms with Gasteiger partial charge in [-0.2, -0.15) is 0 Å². The summed E-state index contributed by atoms with van der Waals surface area (Å²) in [5.41, 5.74) is 2.76. The van der Waals surface area contributed by atoms with Crippen molar-refractivity contribution in [1.82, 2.24) is 0 Å². The van der Waals surface area contributed by atoms with E-state index in [0.717, 1.165) is 16.9 Å². The predicted octanol–water partition coefficient (Wildman–Crippen LogP) is 4.06. The fourth-order valence-electron chi connectivity index (χ4n) is 1.68. The Morgan fingerprint density at radius 1 is 1.05 bits per heavy atom. The first-order chi connectivity index (χ1) is 9.74. The van der Waals surface area contributed by atoms with Crippen molar-refractivity contribution in [3.8, 4) is 0 Å². The summed E-state index contributed by atoms with van der Waals surface area (Å²) in [6, 6.07) is 17.4. The van der Waals surface area contributed by atoms with Gasteiger partial charge in [-0.3, -0.25) is 9.79 Å². The number of amides is 1. The lowest BCUT2D eigenvalue weighted by Crippen LogP contribution is -2.04. The summed E-state index contributed by atoms with van der Waals surface area (Å²) in [5, 5.41) is 2.72. The van der Waals surface area contributed by atoms with Crippen LogP contribution < -0.4 is 5.32 Å². The summed E-state index contributed by atoms with van der Waals surface area (Å²) in [4.78, 5) is 15.2. The predicted molar refractivity (Wildman–Crippen MR) is 84.4 cm³/mol. The van der Waals surface area contributed by atoms with Gasteiger partial charge in [-0.15, -0.1) is 0 Å². The third kappa shape index (κ3) is 4.53. The van der Waals surface area contributed by atoms with Crippen LogP contribution in [-0.2, 0) is 4.79 Å². The van der Waals surface area contributed by atoms with Crippen LogP contribution in [0, 0.1) is 0 Å². The van der Waals surface area contributed by atoms with Gasteiger partial charge in [0.15, 0.2) is 0 Å². The molecule has 3 heteroatoms. The summed E-state index contributed by atoms with van der Waals surface area (Å²) in [6.45, 7) is 1.49. The Morgan fingerprint density at radius 3 is 2.40 bits per heavy atom. The van der Waals surface area contributed by atoms with Crippen LogP contribution >= 0.6 is 0 Å². The molecule has 1 amide bonds. The first-order valence-electron chi connectivity index (χ1n) is 6.37. The van der Waals surface area contributed by atoms with E-state index >= 15 is 0 Å². The van der Waals surface area contributed by atoms with Crippen molar-refractivity contribution in [2.24, 2.45) is 4.99 Å². The molecule has 0 aliphatic heterocycles. The standard InChI is InChI=1S/C17H16N2O/c1-14(20)19-17-11-9-16(10-12-17)18-13-5-8-15-6-3-2-4-7-15/h2-13H,1H3,(H,19,20)/b8-5-,18-13?. The lowest BCUT2D eigenvalue weighted by molar-refractivity contribution is -0.114. The van der Waals surface area contributed by atoms with E-state index in [1.807, 2.05) is 66.7 Å². The Hall–Kier alpha value is -2.68. The maximum atomic E-state index is 10.9. The van der Waals surface area contributed by atoms with Crippen LogP contribution in [0.2, 0.25) is 0 Å². The van der Waals surface area contributed by atoms with Crippen molar-refractivity contribution >= 4 is 29.6 Å². The molecule has 0 radical (unpaired) electrons. The largest absolute Gasteiger partial charge is 0.326 e. The molecule has 0 fully saturated rings. The molecule has 0 unspecified atom stereocenters. The van der Waals surface area contributed by atoms with E-state index in [2.05, 4.69) is 10.3 Å². The zero-order chi connectivity index (χ0) is 14.2. The minimum Gasteiger partial charge on any atom is -0.326 e. The van der Waals surface area contributed by atoms with Gasteiger partial charge in [0, 0.05) is 18.8 Å². The molecule has 0 heterocycles. The Morgan fingerprint density at radius 2 is 1.75 bits per heavy atom. The highest BCUT2D eigenvalue weighted by molar-refractivity contribution is 5.89. The van der Waals surface area contributed by atoms with E-state index < -0.39 is 0 Å². The molecule has 0 bridgehead atoms. The highest BCUT2D eigenvalue weighted by atomic mass is 16.1. The highest BCUT2D eigenvalue weighted by Crippen LogP contribution is 2.15. The second-order valence-corrected chi connectivity index (χ2v) is 4.28. The van der Waals surface area contributed by atoms with Gasteiger partial charge in [0.05, 0.1) is 5.69 Å². The first-order valence-corrected chi connectivity index (χ1v) is 6.37. The number of aliphatic imine (C=N–C) groups is 1. The third-order valence-corrected chi connectivity index (χ3v) is 2.59. The summed E-state index contributed by atoms with van der Waals surface area (Å²) in [6.07, 6.45) is 5.65. The Kier molecular flexibility index (Phi) is 4.84. The van der Waals surface area contributed by atoms with Gasteiger partial charge in [-0.1, -0.05) is 36.4 Å². The molecule has 2 aromatic carbocycles. The van der Waals surface area contributed by atoms with Crippen LogP contribution in [0.3, 0.4) is 0 Å². The Labute approximate surface area is 118 Å². The van der Waals surface area contributed by atoms with Gasteiger partial charge in [-0.25, -0.2) is 0 Å². The molecule has 0 spiro atoms. The van der Waals surface area contributed by atoms with Crippen LogP contribution in [0.1, 0.15) is 12.5 Å². The zero-order valence-corrected chi connectivity index (χ0v) is 11.3. The molecule has 1 N–H and O–H groups in total. The smallest absolute Gasteiger partial charge is 0.221 e. The van der Waals surface area contributed by atoms with Crippen LogP contribution in [0.4, 0.5) is 11.4 Å². The number of nitrogens with zero attached hydrogens (tertiary/aromatic N) is 1. The maximum Gasteiger partial charge on any atom is 0.221 e. The minimum absolute atomic E-state index is 0.0768. The lowest BCUT2D eigenvalue weighted by Gasteiger charge is -2.01. The van der Waals surface area contributed by atoms with Crippen molar-refractivity contribution < 1.29 is 4.79 Å². The molecule has 2 aromatic rings. The lowest BCUT2D eigenvalue weighted by atomic mass is 10.2. The minimum atomic E-state index is -0.0768. The average Bonchev–Trinajstić information content (AvgIpc) is 2.46. The van der Waals surface area contributed by atoms with Gasteiger partial charge in [-0.05, 0) is 35.9 Å². The molecule has 0 aliphatic carbocycles. The topological polar surface area (TPSA) is 41.5 Å². The number of anilines is 1. The molecule has 0 aromatic heterocycles. The number of hydrogen-bond acceptors (Lipinski definition) is 2. The molecule has 3 nitrogen and oxygen atoms in total. The van der Waals surface area contributed by atoms with E-state index in [1.165, 1.54) is 6.92 Å². The van der Waals surface area contributed by atoms with Crippen molar-refractivity contribution in [2.75, 3.05) is 5.32 Å². The molecule has 0 aliphatic rings. The summed E-state index contributed by atoms with van der Waals surface area (Å²) < 4.78 is 0. The number of rotatable bonds is 4. The monoisotopic (exact) mass is 264 g/mol. The Balaban J connectivity index is 1.94. The van der Waals surface area contributed by atoms with Gasteiger partial charge in [0.2, 0.25) is 5.91 Å². The molecular formula is C17H16N2O. The van der Waals surface area contributed by atoms with E-state index in [9.17, 15) is 4.79 Å². The number of carbonyl (C=O) groups is 1. The van der Waals surface area contributed by atoms with Crippen molar-refractivity contribution in [1.29, 1.82) is 0 Å². The fraction of sp³-hybridized carbons (Fsp3) is 0.0588. The molecular weight excluding hydrogens is 248 g/mol. The van der Waals surface area contributed by atoms with Crippen LogP contribution in [0.5, 0.6) is 0 Å². The maximum absolute atomic E-state index is 10.9. The number of carbonyl (C=O) groups excluding carboxylic acids is 1. The molecule has 0 atom stereocenters. The Bertz CT molecular complexity index is 613. The van der Waals surface area contributed by atoms with E-state index in [0.29, 0.717) is 0 Å². The number of nitrogens with one attached hydrogen (secondary N) is 1. The number of benzene rings is 2. The van der Waals surface area contributed by atoms with Gasteiger partial charge >= 0.3 is 0 Å². The normalized spacial score (nSPS) is 11.1. The van der Waals surface area contributed by atoms with E-state index in [-0.39, 0.29) is 5.91 Å².